The zero-order valence-corrected chi connectivity index (χ0v) is 13.3. The molecule has 4 heteroatoms. The van der Waals surface area contributed by atoms with Crippen LogP contribution in [0.2, 0.25) is 0 Å². The summed E-state index contributed by atoms with van der Waals surface area (Å²) in [7, 11) is 0. The summed E-state index contributed by atoms with van der Waals surface area (Å²) in [6.07, 6.45) is 3.23. The average molecular weight is 293 g/mol. The molecule has 2 heterocycles. The van der Waals surface area contributed by atoms with Crippen LogP contribution in [0, 0.1) is 24.2 Å². The highest BCUT2D eigenvalue weighted by Gasteiger charge is 2.07. The highest BCUT2D eigenvalue weighted by molar-refractivity contribution is 6.03. The SMILES string of the molecule is Cc1ccc(NC(=O)c2ccc(C#CC(C)(C)C)nc2)nc1. The number of amides is 1. The fourth-order valence-electron chi connectivity index (χ4n) is 1.58. The second-order valence-electron chi connectivity index (χ2n) is 6.11. The molecule has 0 aliphatic carbocycles. The number of carbonyl (C=O) groups excluding carboxylic acids is 1. The van der Waals surface area contributed by atoms with Crippen molar-refractivity contribution in [1.29, 1.82) is 0 Å². The molecule has 0 aliphatic rings. The van der Waals surface area contributed by atoms with Gasteiger partial charge in [0.2, 0.25) is 0 Å². The molecule has 0 fully saturated rings. The van der Waals surface area contributed by atoms with E-state index in [0.29, 0.717) is 17.1 Å². The van der Waals surface area contributed by atoms with Crippen LogP contribution in [0.15, 0.2) is 36.7 Å². The predicted octanol–water partition coefficient (Wildman–Crippen LogP) is 3.43. The number of hydrogen-bond donors (Lipinski definition) is 1. The molecule has 2 aromatic heterocycles. The topological polar surface area (TPSA) is 54.9 Å². The molecule has 0 saturated carbocycles. The van der Waals surface area contributed by atoms with E-state index in [9.17, 15) is 4.79 Å². The van der Waals surface area contributed by atoms with Crippen LogP contribution < -0.4 is 5.32 Å². The van der Waals surface area contributed by atoms with Gasteiger partial charge in [0.25, 0.3) is 5.91 Å². The molecule has 0 radical (unpaired) electrons. The lowest BCUT2D eigenvalue weighted by atomic mass is 9.98. The van der Waals surface area contributed by atoms with Gasteiger partial charge in [-0.1, -0.05) is 12.0 Å². The number of hydrogen-bond acceptors (Lipinski definition) is 3. The van der Waals surface area contributed by atoms with Gasteiger partial charge >= 0.3 is 0 Å². The molecule has 2 aromatic rings. The van der Waals surface area contributed by atoms with Crippen molar-refractivity contribution in [2.75, 3.05) is 5.32 Å². The third-order valence-electron chi connectivity index (χ3n) is 2.74. The minimum atomic E-state index is -0.237. The van der Waals surface area contributed by atoms with Crippen LogP contribution in [-0.2, 0) is 0 Å². The Morgan fingerprint density at radius 1 is 1.09 bits per heavy atom. The maximum absolute atomic E-state index is 12.1. The number of nitrogens with zero attached hydrogens (tertiary/aromatic N) is 2. The van der Waals surface area contributed by atoms with E-state index in [0.717, 1.165) is 5.56 Å². The van der Waals surface area contributed by atoms with Gasteiger partial charge in [0.05, 0.1) is 5.56 Å². The van der Waals surface area contributed by atoms with Gasteiger partial charge in [-0.05, 0) is 57.4 Å². The maximum atomic E-state index is 12.1. The smallest absolute Gasteiger partial charge is 0.258 e. The first kappa shape index (κ1) is 15.7. The Bertz CT molecular complexity index is 714. The molecule has 1 amide bonds. The Morgan fingerprint density at radius 3 is 2.41 bits per heavy atom. The zero-order chi connectivity index (χ0) is 16.2. The van der Waals surface area contributed by atoms with Gasteiger partial charge in [0.15, 0.2) is 0 Å². The Labute approximate surface area is 131 Å². The van der Waals surface area contributed by atoms with Gasteiger partial charge in [-0.25, -0.2) is 9.97 Å². The molecule has 0 saturated heterocycles. The molecule has 1 N–H and O–H groups in total. The Kier molecular flexibility index (Phi) is 4.57. The first-order valence-corrected chi connectivity index (χ1v) is 7.07. The summed E-state index contributed by atoms with van der Waals surface area (Å²) in [6, 6.07) is 7.12. The summed E-state index contributed by atoms with van der Waals surface area (Å²) in [6.45, 7) is 8.06. The van der Waals surface area contributed by atoms with Crippen LogP contribution >= 0.6 is 0 Å². The number of aryl methyl sites for hydroxylation is 1. The molecular formula is C18H19N3O. The average Bonchev–Trinajstić information content (AvgIpc) is 2.47. The molecule has 0 aromatic carbocycles. The summed E-state index contributed by atoms with van der Waals surface area (Å²) >= 11 is 0. The van der Waals surface area contributed by atoms with E-state index in [1.807, 2.05) is 33.8 Å². The first-order chi connectivity index (χ1) is 10.3. The lowest BCUT2D eigenvalue weighted by Crippen LogP contribution is -2.13. The molecule has 0 aliphatic heterocycles. The third-order valence-corrected chi connectivity index (χ3v) is 2.74. The summed E-state index contributed by atoms with van der Waals surface area (Å²) in [5.74, 6) is 6.39. The van der Waals surface area contributed by atoms with Crippen LogP contribution in [-0.4, -0.2) is 15.9 Å². The zero-order valence-electron chi connectivity index (χ0n) is 13.3. The van der Waals surface area contributed by atoms with E-state index in [1.54, 1.807) is 24.4 Å². The van der Waals surface area contributed by atoms with Crippen molar-refractivity contribution >= 4 is 11.7 Å². The van der Waals surface area contributed by atoms with E-state index < -0.39 is 0 Å². The van der Waals surface area contributed by atoms with Crippen molar-refractivity contribution in [3.05, 3.63) is 53.5 Å². The summed E-state index contributed by atoms with van der Waals surface area (Å²) in [5.41, 5.74) is 2.10. The summed E-state index contributed by atoms with van der Waals surface area (Å²) in [4.78, 5) is 20.4. The van der Waals surface area contributed by atoms with E-state index in [4.69, 9.17) is 0 Å². The van der Waals surface area contributed by atoms with Gasteiger partial charge in [-0.15, -0.1) is 0 Å². The molecule has 112 valence electrons. The van der Waals surface area contributed by atoms with E-state index in [2.05, 4.69) is 27.1 Å². The minimum Gasteiger partial charge on any atom is -0.307 e. The predicted molar refractivity (Wildman–Crippen MR) is 87.5 cm³/mol. The maximum Gasteiger partial charge on any atom is 0.258 e. The molecule has 22 heavy (non-hydrogen) atoms. The number of carbonyl (C=O) groups is 1. The van der Waals surface area contributed by atoms with Crippen molar-refractivity contribution in [1.82, 2.24) is 9.97 Å². The van der Waals surface area contributed by atoms with Gasteiger partial charge in [-0.3, -0.25) is 4.79 Å². The number of pyridine rings is 2. The second-order valence-corrected chi connectivity index (χ2v) is 6.11. The molecule has 0 unspecified atom stereocenters. The Balaban J connectivity index is 2.07. The van der Waals surface area contributed by atoms with Crippen LogP contribution in [0.3, 0.4) is 0 Å². The van der Waals surface area contributed by atoms with E-state index >= 15 is 0 Å². The van der Waals surface area contributed by atoms with Gasteiger partial charge in [0.1, 0.15) is 11.5 Å². The molecule has 0 spiro atoms. The van der Waals surface area contributed by atoms with Crippen LogP contribution in [0.1, 0.15) is 42.4 Å². The number of nitrogens with one attached hydrogen (secondary N) is 1. The van der Waals surface area contributed by atoms with Crippen molar-refractivity contribution in [2.24, 2.45) is 5.41 Å². The largest absolute Gasteiger partial charge is 0.307 e. The standard InChI is InChI=1S/C18H19N3O/c1-13-5-8-16(20-11-13)21-17(22)14-6-7-15(19-12-14)9-10-18(2,3)4/h5-8,11-12H,1-4H3,(H,20,21,22). The van der Waals surface area contributed by atoms with Gasteiger partial charge in [-0.2, -0.15) is 0 Å². The van der Waals surface area contributed by atoms with Gasteiger partial charge < -0.3 is 5.32 Å². The van der Waals surface area contributed by atoms with Crippen molar-refractivity contribution in [3.8, 4) is 11.8 Å². The van der Waals surface area contributed by atoms with Crippen LogP contribution in [0.25, 0.3) is 0 Å². The quantitative estimate of drug-likeness (QED) is 0.863. The summed E-state index contributed by atoms with van der Waals surface area (Å²) in [5, 5.41) is 2.74. The normalized spacial score (nSPS) is 10.5. The van der Waals surface area contributed by atoms with Crippen LogP contribution in [0.5, 0.6) is 0 Å². The lowest BCUT2D eigenvalue weighted by molar-refractivity contribution is 0.102. The highest BCUT2D eigenvalue weighted by Crippen LogP contribution is 2.11. The van der Waals surface area contributed by atoms with E-state index in [-0.39, 0.29) is 11.3 Å². The van der Waals surface area contributed by atoms with Gasteiger partial charge in [0, 0.05) is 17.8 Å². The summed E-state index contributed by atoms with van der Waals surface area (Å²) < 4.78 is 0. The van der Waals surface area contributed by atoms with Crippen molar-refractivity contribution < 1.29 is 4.79 Å². The molecule has 0 bridgehead atoms. The molecule has 2 rings (SSSR count). The number of anilines is 1. The lowest BCUT2D eigenvalue weighted by Gasteiger charge is -2.07. The second kappa shape index (κ2) is 6.40. The minimum absolute atomic E-state index is 0.0746. The Hall–Kier alpha value is -2.67. The van der Waals surface area contributed by atoms with Crippen molar-refractivity contribution in [3.63, 3.8) is 0 Å². The monoisotopic (exact) mass is 293 g/mol. The first-order valence-electron chi connectivity index (χ1n) is 7.07. The number of aromatic nitrogens is 2. The highest BCUT2D eigenvalue weighted by atomic mass is 16.1. The fraction of sp³-hybridized carbons (Fsp3) is 0.278. The molecular weight excluding hydrogens is 274 g/mol. The molecule has 4 nitrogen and oxygen atoms in total. The van der Waals surface area contributed by atoms with Crippen molar-refractivity contribution in [2.45, 2.75) is 27.7 Å². The number of rotatable bonds is 2. The fourth-order valence-corrected chi connectivity index (χ4v) is 1.58. The Morgan fingerprint density at radius 2 is 1.86 bits per heavy atom. The van der Waals surface area contributed by atoms with Crippen LogP contribution in [0.4, 0.5) is 5.82 Å². The molecule has 0 atom stereocenters. The third kappa shape index (κ3) is 4.71. The van der Waals surface area contributed by atoms with E-state index in [1.165, 1.54) is 6.20 Å².